The Morgan fingerprint density at radius 3 is 2.56 bits per heavy atom. The number of fused-ring (bicyclic) bond motifs is 1. The first-order chi connectivity index (χ1) is 13.0. The van der Waals surface area contributed by atoms with Crippen molar-refractivity contribution in [1.29, 1.82) is 0 Å². The van der Waals surface area contributed by atoms with Crippen molar-refractivity contribution in [2.24, 2.45) is 0 Å². The Hall–Kier alpha value is -3.15. The monoisotopic (exact) mass is 365 g/mol. The minimum atomic E-state index is -0.745. The molecule has 0 saturated carbocycles. The molecular weight excluding hydrogens is 342 g/mol. The number of aryl methyl sites for hydroxylation is 1. The fourth-order valence-electron chi connectivity index (χ4n) is 3.16. The van der Waals surface area contributed by atoms with Crippen LogP contribution >= 0.6 is 0 Å². The van der Waals surface area contributed by atoms with Crippen molar-refractivity contribution in [1.82, 2.24) is 14.5 Å². The van der Waals surface area contributed by atoms with E-state index in [-0.39, 0.29) is 5.91 Å². The van der Waals surface area contributed by atoms with Crippen molar-refractivity contribution in [2.45, 2.75) is 33.2 Å². The second-order valence-electron chi connectivity index (χ2n) is 6.62. The summed E-state index contributed by atoms with van der Waals surface area (Å²) in [6.45, 7) is 6.07. The van der Waals surface area contributed by atoms with Gasteiger partial charge in [0, 0.05) is 6.54 Å². The molecule has 0 aliphatic carbocycles. The zero-order valence-electron chi connectivity index (χ0n) is 15.7. The van der Waals surface area contributed by atoms with Crippen molar-refractivity contribution in [3.05, 3.63) is 74.9 Å². The van der Waals surface area contributed by atoms with Crippen LogP contribution in [0.1, 0.15) is 31.9 Å². The number of amides is 1. The summed E-state index contributed by atoms with van der Waals surface area (Å²) in [5, 5.41) is 3.22. The van der Waals surface area contributed by atoms with Crippen LogP contribution < -0.4 is 16.6 Å². The summed E-state index contributed by atoms with van der Waals surface area (Å²) in [6, 6.07) is 13.3. The second-order valence-corrected chi connectivity index (χ2v) is 6.62. The van der Waals surface area contributed by atoms with Crippen molar-refractivity contribution in [3.63, 3.8) is 0 Å². The molecule has 3 aromatic rings. The summed E-state index contributed by atoms with van der Waals surface area (Å²) in [4.78, 5) is 38.8. The number of aromatic nitrogens is 2. The summed E-state index contributed by atoms with van der Waals surface area (Å²) in [6.07, 6.45) is 0.802. The summed E-state index contributed by atoms with van der Waals surface area (Å²) < 4.78 is 2.53. The molecular formula is C21H23N3O3. The Morgan fingerprint density at radius 2 is 1.85 bits per heavy atom. The van der Waals surface area contributed by atoms with Crippen LogP contribution in [0.3, 0.4) is 0 Å². The topological polar surface area (TPSA) is 73.1 Å². The predicted octanol–water partition coefficient (Wildman–Crippen LogP) is 2.55. The fraction of sp³-hybridized carbons (Fsp3) is 0.286. The van der Waals surface area contributed by atoms with Crippen LogP contribution in [0.4, 0.5) is 0 Å². The van der Waals surface area contributed by atoms with Crippen molar-refractivity contribution >= 4 is 16.8 Å². The molecule has 0 saturated heterocycles. The van der Waals surface area contributed by atoms with Crippen molar-refractivity contribution in [2.75, 3.05) is 6.54 Å². The lowest BCUT2D eigenvalue weighted by atomic mass is 10.2. The third-order valence-corrected chi connectivity index (χ3v) is 4.57. The predicted molar refractivity (Wildman–Crippen MR) is 107 cm³/mol. The number of hydrogen-bond acceptors (Lipinski definition) is 3. The molecule has 0 radical (unpaired) electrons. The molecule has 0 aliphatic heterocycles. The highest BCUT2D eigenvalue weighted by molar-refractivity contribution is 5.84. The Morgan fingerprint density at radius 1 is 1.11 bits per heavy atom. The Bertz CT molecular complexity index is 1110. The fourth-order valence-corrected chi connectivity index (χ4v) is 3.16. The number of hydrogen-bond donors (Lipinski definition) is 1. The Labute approximate surface area is 157 Å². The van der Waals surface area contributed by atoms with Gasteiger partial charge in [0.05, 0.1) is 16.6 Å². The molecule has 3 rings (SSSR count). The van der Waals surface area contributed by atoms with E-state index in [0.29, 0.717) is 23.1 Å². The lowest BCUT2D eigenvalue weighted by Gasteiger charge is -2.19. The van der Waals surface area contributed by atoms with E-state index in [1.54, 1.807) is 49.4 Å². The molecule has 1 amide bonds. The highest BCUT2D eigenvalue weighted by Gasteiger charge is 2.22. The molecule has 6 heteroatoms. The van der Waals surface area contributed by atoms with Crippen LogP contribution in [0.2, 0.25) is 0 Å². The van der Waals surface area contributed by atoms with Gasteiger partial charge >= 0.3 is 5.69 Å². The molecule has 140 valence electrons. The largest absolute Gasteiger partial charge is 0.354 e. The maximum absolute atomic E-state index is 13.3. The second kappa shape index (κ2) is 7.61. The lowest BCUT2D eigenvalue weighted by molar-refractivity contribution is -0.123. The Balaban J connectivity index is 2.32. The number of para-hydroxylation sites is 1. The summed E-state index contributed by atoms with van der Waals surface area (Å²) >= 11 is 0. The Kier molecular flexibility index (Phi) is 5.26. The summed E-state index contributed by atoms with van der Waals surface area (Å²) in [5.41, 5.74) is 0.968. The van der Waals surface area contributed by atoms with Crippen LogP contribution in [0.15, 0.2) is 58.1 Å². The van der Waals surface area contributed by atoms with E-state index < -0.39 is 17.3 Å². The first kappa shape index (κ1) is 18.6. The lowest BCUT2D eigenvalue weighted by Crippen LogP contribution is -2.43. The average molecular weight is 365 g/mol. The van der Waals surface area contributed by atoms with E-state index in [1.165, 1.54) is 4.57 Å². The van der Waals surface area contributed by atoms with Gasteiger partial charge in [-0.05, 0) is 50.1 Å². The van der Waals surface area contributed by atoms with E-state index in [1.807, 2.05) is 19.9 Å². The van der Waals surface area contributed by atoms with Crippen LogP contribution in [0, 0.1) is 6.92 Å². The van der Waals surface area contributed by atoms with Crippen LogP contribution in [0.25, 0.3) is 16.6 Å². The van der Waals surface area contributed by atoms with Crippen LogP contribution in [-0.4, -0.2) is 21.6 Å². The average Bonchev–Trinajstić information content (AvgIpc) is 2.66. The van der Waals surface area contributed by atoms with Gasteiger partial charge in [0.25, 0.3) is 5.56 Å². The van der Waals surface area contributed by atoms with Gasteiger partial charge in [-0.2, -0.15) is 0 Å². The van der Waals surface area contributed by atoms with Gasteiger partial charge in [-0.1, -0.05) is 31.2 Å². The number of rotatable bonds is 5. The van der Waals surface area contributed by atoms with Gasteiger partial charge in [0.15, 0.2) is 0 Å². The zero-order chi connectivity index (χ0) is 19.6. The molecule has 1 unspecified atom stereocenters. The van der Waals surface area contributed by atoms with Gasteiger partial charge in [-0.15, -0.1) is 0 Å². The van der Waals surface area contributed by atoms with Crippen molar-refractivity contribution in [3.8, 4) is 5.69 Å². The minimum Gasteiger partial charge on any atom is -0.354 e. The van der Waals surface area contributed by atoms with E-state index >= 15 is 0 Å². The number of nitrogens with zero attached hydrogens (tertiary/aromatic N) is 2. The van der Waals surface area contributed by atoms with Crippen molar-refractivity contribution < 1.29 is 4.79 Å². The molecule has 0 aliphatic rings. The third kappa shape index (κ3) is 3.43. The normalized spacial score (nSPS) is 12.1. The van der Waals surface area contributed by atoms with Gasteiger partial charge in [0.1, 0.15) is 6.04 Å². The smallest absolute Gasteiger partial charge is 0.336 e. The van der Waals surface area contributed by atoms with Gasteiger partial charge in [-0.25, -0.2) is 9.36 Å². The maximum atomic E-state index is 13.3. The summed E-state index contributed by atoms with van der Waals surface area (Å²) in [7, 11) is 0. The molecule has 2 aromatic carbocycles. The molecule has 0 bridgehead atoms. The standard InChI is InChI=1S/C21H23N3O3/c1-4-12-22-19(25)15(3)23-18-11-6-5-10-17(18)20(26)24(21(23)27)16-9-7-8-14(2)13-16/h5-11,13,15H,4,12H2,1-3H3,(H,22,25). The highest BCUT2D eigenvalue weighted by atomic mass is 16.2. The van der Waals surface area contributed by atoms with E-state index in [0.717, 1.165) is 16.6 Å². The molecule has 1 heterocycles. The van der Waals surface area contributed by atoms with Gasteiger partial charge < -0.3 is 5.32 Å². The van der Waals surface area contributed by atoms with Crippen LogP contribution in [0.5, 0.6) is 0 Å². The number of carbonyl (C=O) groups is 1. The van der Waals surface area contributed by atoms with Gasteiger partial charge in [0.2, 0.25) is 5.91 Å². The van der Waals surface area contributed by atoms with Crippen LogP contribution in [-0.2, 0) is 4.79 Å². The molecule has 27 heavy (non-hydrogen) atoms. The van der Waals surface area contributed by atoms with E-state index in [9.17, 15) is 14.4 Å². The molecule has 1 N–H and O–H groups in total. The molecule has 1 atom stereocenters. The van der Waals surface area contributed by atoms with E-state index in [2.05, 4.69) is 5.32 Å². The molecule has 0 fully saturated rings. The maximum Gasteiger partial charge on any atom is 0.336 e. The number of benzene rings is 2. The third-order valence-electron chi connectivity index (χ3n) is 4.57. The first-order valence-corrected chi connectivity index (χ1v) is 9.06. The highest BCUT2D eigenvalue weighted by Crippen LogP contribution is 2.15. The SMILES string of the molecule is CCCNC(=O)C(C)n1c(=O)n(-c2cccc(C)c2)c(=O)c2ccccc21. The molecule has 0 spiro atoms. The quantitative estimate of drug-likeness (QED) is 0.755. The number of carbonyl (C=O) groups excluding carboxylic acids is 1. The minimum absolute atomic E-state index is 0.251. The van der Waals surface area contributed by atoms with Gasteiger partial charge in [-0.3, -0.25) is 14.2 Å². The zero-order valence-corrected chi connectivity index (χ0v) is 15.7. The molecule has 1 aromatic heterocycles. The first-order valence-electron chi connectivity index (χ1n) is 9.06. The number of nitrogens with one attached hydrogen (secondary N) is 1. The molecule has 6 nitrogen and oxygen atoms in total. The van der Waals surface area contributed by atoms with E-state index in [4.69, 9.17) is 0 Å². The summed E-state index contributed by atoms with van der Waals surface area (Å²) in [5.74, 6) is -0.251.